The first kappa shape index (κ1) is 14.1. The van der Waals surface area contributed by atoms with Gasteiger partial charge in [-0.15, -0.1) is 0 Å². The topological polar surface area (TPSA) is 64.2 Å². The summed E-state index contributed by atoms with van der Waals surface area (Å²) >= 11 is 0. The van der Waals surface area contributed by atoms with E-state index in [1.54, 1.807) is 35.1 Å². The van der Waals surface area contributed by atoms with Gasteiger partial charge in [-0.05, 0) is 36.8 Å². The standard InChI is InChI=1S/C16H16N4O2/c1-12(19(2)16(21)15-4-3-9-22-15)13-5-7-14(8-6-13)20-11-17-10-18-20/h3-12H,1-2H3. The smallest absolute Gasteiger partial charge is 0.289 e. The normalized spacial score (nSPS) is 12.1. The second-order valence-corrected chi connectivity index (χ2v) is 5.00. The van der Waals surface area contributed by atoms with Gasteiger partial charge in [0.15, 0.2) is 5.76 Å². The van der Waals surface area contributed by atoms with Crippen LogP contribution < -0.4 is 0 Å². The zero-order valence-corrected chi connectivity index (χ0v) is 12.4. The first-order valence-corrected chi connectivity index (χ1v) is 6.92. The Bertz CT molecular complexity index is 733. The predicted octanol–water partition coefficient (Wildman–Crippen LogP) is 2.69. The molecule has 0 aliphatic heterocycles. The molecule has 6 nitrogen and oxygen atoms in total. The average Bonchev–Trinajstić information content (AvgIpc) is 3.26. The van der Waals surface area contributed by atoms with E-state index < -0.39 is 0 Å². The third-order valence-corrected chi connectivity index (χ3v) is 3.69. The second kappa shape index (κ2) is 5.85. The van der Waals surface area contributed by atoms with Crippen molar-refractivity contribution in [3.8, 4) is 5.69 Å². The van der Waals surface area contributed by atoms with E-state index in [1.165, 1.54) is 12.6 Å². The van der Waals surface area contributed by atoms with Crippen LogP contribution in [0.4, 0.5) is 0 Å². The first-order valence-electron chi connectivity index (χ1n) is 6.92. The molecule has 0 N–H and O–H groups in total. The number of rotatable bonds is 4. The van der Waals surface area contributed by atoms with Crippen LogP contribution >= 0.6 is 0 Å². The van der Waals surface area contributed by atoms with Crippen molar-refractivity contribution in [2.24, 2.45) is 0 Å². The maximum absolute atomic E-state index is 12.3. The van der Waals surface area contributed by atoms with Crippen LogP contribution in [0.5, 0.6) is 0 Å². The van der Waals surface area contributed by atoms with Crippen LogP contribution in [0.1, 0.15) is 29.1 Å². The van der Waals surface area contributed by atoms with Crippen LogP contribution in [0, 0.1) is 0 Å². The summed E-state index contributed by atoms with van der Waals surface area (Å²) in [7, 11) is 1.76. The zero-order valence-electron chi connectivity index (χ0n) is 12.4. The van der Waals surface area contributed by atoms with Crippen LogP contribution in [-0.2, 0) is 0 Å². The summed E-state index contributed by atoms with van der Waals surface area (Å²) in [5.74, 6) is 0.200. The Morgan fingerprint density at radius 1 is 1.27 bits per heavy atom. The summed E-state index contributed by atoms with van der Waals surface area (Å²) in [5, 5.41) is 4.09. The molecule has 2 aromatic heterocycles. The van der Waals surface area contributed by atoms with Crippen LogP contribution in [-0.4, -0.2) is 32.6 Å². The second-order valence-electron chi connectivity index (χ2n) is 5.00. The van der Waals surface area contributed by atoms with Gasteiger partial charge >= 0.3 is 0 Å². The maximum atomic E-state index is 12.3. The van der Waals surface area contributed by atoms with Crippen molar-refractivity contribution in [1.29, 1.82) is 0 Å². The molecular formula is C16H16N4O2. The maximum Gasteiger partial charge on any atom is 0.289 e. The quantitative estimate of drug-likeness (QED) is 0.742. The summed E-state index contributed by atoms with van der Waals surface area (Å²) in [5.41, 5.74) is 1.96. The van der Waals surface area contributed by atoms with Crippen molar-refractivity contribution in [3.05, 3.63) is 66.6 Å². The molecule has 6 heteroatoms. The lowest BCUT2D eigenvalue weighted by molar-refractivity contribution is 0.0710. The first-order chi connectivity index (χ1) is 10.7. The molecule has 22 heavy (non-hydrogen) atoms. The Balaban J connectivity index is 1.77. The minimum atomic E-state index is -0.141. The highest BCUT2D eigenvalue weighted by Gasteiger charge is 2.20. The van der Waals surface area contributed by atoms with Gasteiger partial charge in [-0.2, -0.15) is 5.10 Å². The Morgan fingerprint density at radius 3 is 2.64 bits per heavy atom. The summed E-state index contributed by atoms with van der Waals surface area (Å²) in [4.78, 5) is 17.9. The molecule has 2 heterocycles. The molecular weight excluding hydrogens is 280 g/mol. The third kappa shape index (κ3) is 2.63. The Morgan fingerprint density at radius 2 is 2.05 bits per heavy atom. The number of carbonyl (C=O) groups excluding carboxylic acids is 1. The lowest BCUT2D eigenvalue weighted by Crippen LogP contribution is -2.29. The van der Waals surface area contributed by atoms with Gasteiger partial charge in [-0.25, -0.2) is 9.67 Å². The molecule has 1 atom stereocenters. The van der Waals surface area contributed by atoms with E-state index >= 15 is 0 Å². The Hall–Kier alpha value is -2.89. The number of hydrogen-bond donors (Lipinski definition) is 0. The van der Waals surface area contributed by atoms with Gasteiger partial charge in [0.2, 0.25) is 0 Å². The monoisotopic (exact) mass is 296 g/mol. The van der Waals surface area contributed by atoms with Crippen molar-refractivity contribution < 1.29 is 9.21 Å². The summed E-state index contributed by atoms with van der Waals surface area (Å²) < 4.78 is 6.85. The number of hydrogen-bond acceptors (Lipinski definition) is 4. The summed E-state index contributed by atoms with van der Waals surface area (Å²) in [6, 6.07) is 11.2. The van der Waals surface area contributed by atoms with Crippen molar-refractivity contribution >= 4 is 5.91 Å². The molecule has 1 amide bonds. The largest absolute Gasteiger partial charge is 0.459 e. The fourth-order valence-corrected chi connectivity index (χ4v) is 2.22. The zero-order chi connectivity index (χ0) is 15.5. The summed E-state index contributed by atoms with van der Waals surface area (Å²) in [6.07, 6.45) is 4.63. The molecule has 0 spiro atoms. The van der Waals surface area contributed by atoms with Crippen LogP contribution in [0.2, 0.25) is 0 Å². The van der Waals surface area contributed by atoms with Crippen LogP contribution in [0.3, 0.4) is 0 Å². The molecule has 3 aromatic rings. The molecule has 3 rings (SSSR count). The fraction of sp³-hybridized carbons (Fsp3) is 0.188. The SMILES string of the molecule is CC(c1ccc(-n2cncn2)cc1)N(C)C(=O)c1ccco1. The number of amides is 1. The highest BCUT2D eigenvalue weighted by molar-refractivity contribution is 5.91. The van der Waals surface area contributed by atoms with Crippen LogP contribution in [0.25, 0.3) is 5.69 Å². The predicted molar refractivity (Wildman–Crippen MR) is 80.6 cm³/mol. The molecule has 0 bridgehead atoms. The lowest BCUT2D eigenvalue weighted by Gasteiger charge is -2.24. The van der Waals surface area contributed by atoms with Crippen molar-refractivity contribution in [3.63, 3.8) is 0 Å². The van der Waals surface area contributed by atoms with E-state index in [4.69, 9.17) is 4.42 Å². The third-order valence-electron chi connectivity index (χ3n) is 3.69. The number of nitrogens with zero attached hydrogens (tertiary/aromatic N) is 4. The van der Waals surface area contributed by atoms with E-state index in [9.17, 15) is 4.79 Å². The highest BCUT2D eigenvalue weighted by atomic mass is 16.3. The van der Waals surface area contributed by atoms with Gasteiger partial charge in [0.05, 0.1) is 18.0 Å². The molecule has 0 radical (unpaired) electrons. The molecule has 0 fully saturated rings. The van der Waals surface area contributed by atoms with Gasteiger partial charge in [0, 0.05) is 7.05 Å². The van der Waals surface area contributed by atoms with Gasteiger partial charge in [0.25, 0.3) is 5.91 Å². The Kier molecular flexibility index (Phi) is 3.74. The molecule has 0 aliphatic carbocycles. The van der Waals surface area contributed by atoms with Gasteiger partial charge in [-0.3, -0.25) is 4.79 Å². The molecule has 0 saturated carbocycles. The number of aromatic nitrogens is 3. The molecule has 1 aromatic carbocycles. The van der Waals surface area contributed by atoms with Crippen LogP contribution in [0.15, 0.2) is 59.7 Å². The van der Waals surface area contributed by atoms with Gasteiger partial charge < -0.3 is 9.32 Å². The molecule has 0 saturated heterocycles. The van der Waals surface area contributed by atoms with E-state index in [2.05, 4.69) is 10.1 Å². The molecule has 1 unspecified atom stereocenters. The van der Waals surface area contributed by atoms with E-state index in [0.29, 0.717) is 5.76 Å². The highest BCUT2D eigenvalue weighted by Crippen LogP contribution is 2.22. The van der Waals surface area contributed by atoms with Gasteiger partial charge in [-0.1, -0.05) is 12.1 Å². The van der Waals surface area contributed by atoms with E-state index in [-0.39, 0.29) is 11.9 Å². The minimum Gasteiger partial charge on any atom is -0.459 e. The minimum absolute atomic E-state index is 0.0672. The summed E-state index contributed by atoms with van der Waals surface area (Å²) in [6.45, 7) is 1.98. The van der Waals surface area contributed by atoms with E-state index in [1.807, 2.05) is 31.2 Å². The van der Waals surface area contributed by atoms with Crippen molar-refractivity contribution in [1.82, 2.24) is 19.7 Å². The lowest BCUT2D eigenvalue weighted by atomic mass is 10.1. The molecule has 0 aliphatic rings. The Labute approximate surface area is 128 Å². The fourth-order valence-electron chi connectivity index (χ4n) is 2.22. The number of furan rings is 1. The number of carbonyl (C=O) groups is 1. The number of benzene rings is 1. The van der Waals surface area contributed by atoms with Crippen molar-refractivity contribution in [2.75, 3.05) is 7.05 Å². The van der Waals surface area contributed by atoms with E-state index in [0.717, 1.165) is 11.3 Å². The molecule has 112 valence electrons. The van der Waals surface area contributed by atoms with Crippen molar-refractivity contribution in [2.45, 2.75) is 13.0 Å². The van der Waals surface area contributed by atoms with Gasteiger partial charge in [0.1, 0.15) is 12.7 Å². The average molecular weight is 296 g/mol.